The number of unbranched alkanes of at least 4 members (excludes halogenated alkanes) is 10. The summed E-state index contributed by atoms with van der Waals surface area (Å²) in [7, 11) is 0. The Morgan fingerprint density at radius 1 is 0.870 bits per heavy atom. The molecule has 0 aliphatic rings. The molecule has 0 aliphatic heterocycles. The molecule has 1 atom stereocenters. The lowest BCUT2D eigenvalue weighted by Gasteiger charge is -2.07. The van der Waals surface area contributed by atoms with Crippen LogP contribution < -0.4 is 0 Å². The van der Waals surface area contributed by atoms with Gasteiger partial charge in [0.05, 0.1) is 6.10 Å². The summed E-state index contributed by atoms with van der Waals surface area (Å²) in [5, 5.41) is 18.4. The van der Waals surface area contributed by atoms with Gasteiger partial charge in [0.2, 0.25) is 0 Å². The van der Waals surface area contributed by atoms with Crippen molar-refractivity contribution >= 4 is 5.97 Å². The summed E-state index contributed by atoms with van der Waals surface area (Å²) in [6, 6.07) is 0. The summed E-state index contributed by atoms with van der Waals surface area (Å²) < 4.78 is 0. The number of aliphatic hydroxyl groups is 1. The first-order valence-electron chi connectivity index (χ1n) is 9.71. The van der Waals surface area contributed by atoms with E-state index in [0.29, 0.717) is 12.8 Å². The first-order valence-corrected chi connectivity index (χ1v) is 9.71. The van der Waals surface area contributed by atoms with E-state index in [9.17, 15) is 9.90 Å². The molecule has 0 saturated carbocycles. The van der Waals surface area contributed by atoms with E-state index in [0.717, 1.165) is 19.3 Å². The lowest BCUT2D eigenvalue weighted by Crippen LogP contribution is -2.04. The third-order valence-corrected chi connectivity index (χ3v) is 4.23. The minimum atomic E-state index is -0.737. The van der Waals surface area contributed by atoms with E-state index in [1.165, 1.54) is 57.8 Å². The van der Waals surface area contributed by atoms with Crippen LogP contribution in [0.2, 0.25) is 0 Å². The van der Waals surface area contributed by atoms with Gasteiger partial charge in [0, 0.05) is 6.42 Å². The molecule has 0 saturated heterocycles. The van der Waals surface area contributed by atoms with Gasteiger partial charge in [0.1, 0.15) is 0 Å². The molecule has 0 aromatic heterocycles. The van der Waals surface area contributed by atoms with Gasteiger partial charge >= 0.3 is 5.97 Å². The molecular formula is C20H38O3. The van der Waals surface area contributed by atoms with Gasteiger partial charge in [0.15, 0.2) is 0 Å². The molecule has 3 nitrogen and oxygen atoms in total. The quantitative estimate of drug-likeness (QED) is 0.260. The smallest absolute Gasteiger partial charge is 0.303 e. The second kappa shape index (κ2) is 17.5. The number of allylic oxidation sites excluding steroid dienone is 1. The number of hydrogen-bond donors (Lipinski definition) is 2. The average Bonchev–Trinajstić information content (AvgIpc) is 2.52. The minimum Gasteiger partial charge on any atom is -0.481 e. The Kier molecular flexibility index (Phi) is 16.9. The van der Waals surface area contributed by atoms with Crippen molar-refractivity contribution in [2.24, 2.45) is 0 Å². The van der Waals surface area contributed by atoms with Gasteiger partial charge in [-0.15, -0.1) is 0 Å². The highest BCUT2D eigenvalue weighted by molar-refractivity contribution is 5.66. The van der Waals surface area contributed by atoms with Crippen molar-refractivity contribution in [1.82, 2.24) is 0 Å². The van der Waals surface area contributed by atoms with Gasteiger partial charge in [-0.3, -0.25) is 4.79 Å². The van der Waals surface area contributed by atoms with Crippen LogP contribution in [-0.4, -0.2) is 22.3 Å². The van der Waals surface area contributed by atoms with Crippen LogP contribution in [-0.2, 0) is 4.79 Å². The Bertz CT molecular complexity index is 287. The maximum absolute atomic E-state index is 10.3. The molecule has 23 heavy (non-hydrogen) atoms. The first kappa shape index (κ1) is 22.2. The Morgan fingerprint density at radius 3 is 2.00 bits per heavy atom. The SMILES string of the molecule is CCCCCCCCCCCCC(O)C/C=C\CCCC(=O)O. The van der Waals surface area contributed by atoms with Crippen molar-refractivity contribution in [3.05, 3.63) is 12.2 Å². The van der Waals surface area contributed by atoms with Crippen molar-refractivity contribution in [2.75, 3.05) is 0 Å². The monoisotopic (exact) mass is 326 g/mol. The van der Waals surface area contributed by atoms with Crippen LogP contribution in [0.15, 0.2) is 12.2 Å². The molecule has 0 aliphatic carbocycles. The summed E-state index contributed by atoms with van der Waals surface area (Å²) in [6.07, 6.45) is 20.2. The number of carbonyl (C=O) groups is 1. The Hall–Kier alpha value is -0.830. The van der Waals surface area contributed by atoms with E-state index >= 15 is 0 Å². The predicted molar refractivity (Wildman–Crippen MR) is 97.7 cm³/mol. The zero-order valence-corrected chi connectivity index (χ0v) is 15.1. The van der Waals surface area contributed by atoms with Gasteiger partial charge in [-0.2, -0.15) is 0 Å². The van der Waals surface area contributed by atoms with Crippen LogP contribution in [0.4, 0.5) is 0 Å². The molecule has 0 radical (unpaired) electrons. The highest BCUT2D eigenvalue weighted by atomic mass is 16.4. The number of aliphatic carboxylic acids is 1. The molecule has 0 fully saturated rings. The van der Waals surface area contributed by atoms with E-state index < -0.39 is 5.97 Å². The fourth-order valence-electron chi connectivity index (χ4n) is 2.73. The van der Waals surface area contributed by atoms with E-state index in [4.69, 9.17) is 5.11 Å². The summed E-state index contributed by atoms with van der Waals surface area (Å²) >= 11 is 0. The second-order valence-corrected chi connectivity index (χ2v) is 6.62. The van der Waals surface area contributed by atoms with Gasteiger partial charge in [0.25, 0.3) is 0 Å². The predicted octanol–water partition coefficient (Wildman–Crippen LogP) is 5.86. The van der Waals surface area contributed by atoms with Gasteiger partial charge in [-0.05, 0) is 25.7 Å². The third-order valence-electron chi connectivity index (χ3n) is 4.23. The summed E-state index contributed by atoms with van der Waals surface area (Å²) in [5.41, 5.74) is 0. The molecule has 0 aromatic carbocycles. The molecule has 0 amide bonds. The number of carboxylic acid groups (broad SMARTS) is 1. The highest BCUT2D eigenvalue weighted by Gasteiger charge is 2.01. The number of aliphatic hydroxyl groups excluding tert-OH is 1. The van der Waals surface area contributed by atoms with Crippen LogP contribution in [0.3, 0.4) is 0 Å². The zero-order valence-electron chi connectivity index (χ0n) is 15.1. The lowest BCUT2D eigenvalue weighted by atomic mass is 10.0. The van der Waals surface area contributed by atoms with Crippen LogP contribution >= 0.6 is 0 Å². The molecule has 0 spiro atoms. The zero-order chi connectivity index (χ0) is 17.2. The normalized spacial score (nSPS) is 12.8. The van der Waals surface area contributed by atoms with Gasteiger partial charge in [-0.25, -0.2) is 0 Å². The molecule has 2 N–H and O–H groups in total. The van der Waals surface area contributed by atoms with Crippen LogP contribution in [0.5, 0.6) is 0 Å². The molecule has 0 rings (SSSR count). The largest absolute Gasteiger partial charge is 0.481 e. The van der Waals surface area contributed by atoms with Gasteiger partial charge < -0.3 is 10.2 Å². The van der Waals surface area contributed by atoms with Crippen molar-refractivity contribution in [3.8, 4) is 0 Å². The molecular weight excluding hydrogens is 288 g/mol. The lowest BCUT2D eigenvalue weighted by molar-refractivity contribution is -0.137. The molecule has 1 unspecified atom stereocenters. The van der Waals surface area contributed by atoms with Crippen LogP contribution in [0.1, 0.15) is 103 Å². The van der Waals surface area contributed by atoms with Crippen molar-refractivity contribution in [1.29, 1.82) is 0 Å². The first-order chi connectivity index (χ1) is 11.2. The maximum Gasteiger partial charge on any atom is 0.303 e. The van der Waals surface area contributed by atoms with Crippen LogP contribution in [0, 0.1) is 0 Å². The van der Waals surface area contributed by atoms with Crippen molar-refractivity contribution in [2.45, 2.75) is 109 Å². The fourth-order valence-corrected chi connectivity index (χ4v) is 2.73. The van der Waals surface area contributed by atoms with Crippen molar-refractivity contribution in [3.63, 3.8) is 0 Å². The molecule has 3 heteroatoms. The van der Waals surface area contributed by atoms with Gasteiger partial charge in [-0.1, -0.05) is 83.3 Å². The standard InChI is InChI=1S/C20H38O3/c1-2-3-4-5-6-7-8-9-10-13-16-19(21)17-14-11-12-15-18-20(22)23/h11,14,19,21H,2-10,12-13,15-18H2,1H3,(H,22,23)/b14-11-. The topological polar surface area (TPSA) is 57.5 Å². The van der Waals surface area contributed by atoms with E-state index in [1.807, 2.05) is 12.2 Å². The van der Waals surface area contributed by atoms with E-state index in [1.54, 1.807) is 0 Å². The Balaban J connectivity index is 3.25. The summed E-state index contributed by atoms with van der Waals surface area (Å²) in [5.74, 6) is -0.737. The molecule has 0 bridgehead atoms. The molecule has 0 heterocycles. The van der Waals surface area contributed by atoms with Crippen LogP contribution in [0.25, 0.3) is 0 Å². The maximum atomic E-state index is 10.3. The third kappa shape index (κ3) is 19.1. The van der Waals surface area contributed by atoms with E-state index in [-0.39, 0.29) is 12.5 Å². The number of carboxylic acids is 1. The Morgan fingerprint density at radius 2 is 1.43 bits per heavy atom. The number of rotatable bonds is 17. The number of hydrogen-bond acceptors (Lipinski definition) is 2. The second-order valence-electron chi connectivity index (χ2n) is 6.62. The molecule has 136 valence electrons. The van der Waals surface area contributed by atoms with Crippen molar-refractivity contribution < 1.29 is 15.0 Å². The highest BCUT2D eigenvalue weighted by Crippen LogP contribution is 2.13. The summed E-state index contributed by atoms with van der Waals surface area (Å²) in [4.78, 5) is 10.3. The summed E-state index contributed by atoms with van der Waals surface area (Å²) in [6.45, 7) is 2.25. The Labute approximate surface area is 143 Å². The minimum absolute atomic E-state index is 0.228. The van der Waals surface area contributed by atoms with E-state index in [2.05, 4.69) is 6.92 Å². The average molecular weight is 327 g/mol. The fraction of sp³-hybridized carbons (Fsp3) is 0.850. The molecule has 0 aromatic rings.